The van der Waals surface area contributed by atoms with Crippen molar-refractivity contribution in [3.8, 4) is 12.1 Å². The van der Waals surface area contributed by atoms with Crippen LogP contribution in [0.3, 0.4) is 0 Å². The van der Waals surface area contributed by atoms with E-state index in [9.17, 15) is 15.4 Å². The Bertz CT molecular complexity index is 976. The van der Waals surface area contributed by atoms with Crippen molar-refractivity contribution in [2.75, 3.05) is 5.32 Å². The van der Waals surface area contributed by atoms with Gasteiger partial charge in [0.25, 0.3) is 5.69 Å². The molecule has 0 spiro atoms. The molecule has 0 fully saturated rings. The van der Waals surface area contributed by atoms with Crippen molar-refractivity contribution in [1.29, 1.82) is 10.5 Å². The summed E-state index contributed by atoms with van der Waals surface area (Å²) in [5.74, 6) is 0. The van der Waals surface area contributed by atoms with Crippen molar-refractivity contribution < 1.29 is 4.92 Å². The zero-order valence-corrected chi connectivity index (χ0v) is 17.1. The lowest BCUT2D eigenvalue weighted by molar-refractivity contribution is -0.385. The Morgan fingerprint density at radius 1 is 0.960 bits per heavy atom. The van der Waals surface area contributed by atoms with Crippen LogP contribution in [0.2, 0.25) is 15.1 Å². The second-order valence-corrected chi connectivity index (χ2v) is 7.30. The van der Waals surface area contributed by atoms with Crippen LogP contribution in [0.1, 0.15) is 11.1 Å². The highest BCUT2D eigenvalue weighted by molar-refractivity contribution is 9.11. The summed E-state index contributed by atoms with van der Waals surface area (Å²) in [4.78, 5) is 10.3. The molecular weight excluding hydrogens is 522 g/mol. The van der Waals surface area contributed by atoms with E-state index in [0.717, 1.165) is 0 Å². The predicted octanol–water partition coefficient (Wildman–Crippen LogP) is 6.57. The molecule has 1 N–H and O–H groups in total. The number of rotatable bonds is 3. The first-order chi connectivity index (χ1) is 11.7. The van der Waals surface area contributed by atoms with Gasteiger partial charge in [-0.25, -0.2) is 0 Å². The van der Waals surface area contributed by atoms with E-state index in [1.807, 2.05) is 6.07 Å². The monoisotopic (exact) mass is 522 g/mol. The molecule has 0 aliphatic heterocycles. The van der Waals surface area contributed by atoms with Gasteiger partial charge in [0.05, 0.1) is 42.5 Å². The number of non-ortho nitro benzene ring substituents is 1. The van der Waals surface area contributed by atoms with Gasteiger partial charge in [-0.15, -0.1) is 0 Å². The van der Waals surface area contributed by atoms with Gasteiger partial charge in [-0.2, -0.15) is 10.5 Å². The van der Waals surface area contributed by atoms with Crippen molar-refractivity contribution in [2.45, 2.75) is 0 Å². The number of nitriles is 2. The lowest BCUT2D eigenvalue weighted by Crippen LogP contribution is -2.00. The molecule has 2 rings (SSSR count). The maximum Gasteiger partial charge on any atom is 0.271 e. The molecule has 0 aliphatic carbocycles. The maximum atomic E-state index is 10.9. The van der Waals surface area contributed by atoms with Gasteiger partial charge in [0, 0.05) is 21.1 Å². The number of hydrogen-bond donors (Lipinski definition) is 1. The Balaban J connectivity index is 2.68. The molecule has 6 nitrogen and oxygen atoms in total. The molecular formula is C14H3Br2Cl3N4O2. The summed E-state index contributed by atoms with van der Waals surface area (Å²) < 4.78 is 0.694. The molecule has 126 valence electrons. The summed E-state index contributed by atoms with van der Waals surface area (Å²) in [5.41, 5.74) is 0.0667. The average Bonchev–Trinajstić information content (AvgIpc) is 2.56. The first kappa shape index (κ1) is 19.8. The molecule has 0 saturated heterocycles. The summed E-state index contributed by atoms with van der Waals surface area (Å²) in [6.45, 7) is 0. The van der Waals surface area contributed by atoms with Gasteiger partial charge in [0.15, 0.2) is 0 Å². The van der Waals surface area contributed by atoms with E-state index in [-0.39, 0.29) is 37.6 Å². The molecule has 2 aromatic rings. The Kier molecular flexibility index (Phi) is 6.15. The Morgan fingerprint density at radius 3 is 1.88 bits per heavy atom. The van der Waals surface area contributed by atoms with E-state index in [4.69, 9.17) is 40.1 Å². The summed E-state index contributed by atoms with van der Waals surface area (Å²) in [6, 6.07) is 6.16. The second-order valence-electron chi connectivity index (χ2n) is 4.46. The topological polar surface area (TPSA) is 103 Å². The molecule has 0 heterocycles. The van der Waals surface area contributed by atoms with E-state index in [1.54, 1.807) is 6.07 Å². The van der Waals surface area contributed by atoms with Gasteiger partial charge < -0.3 is 5.32 Å². The molecule has 0 aliphatic rings. The SMILES string of the molecule is N#Cc1c(Cl)c(Cl)c(Nc2c(Br)cc([N+](=O)[O-])cc2Br)c(Cl)c1C#N. The molecule has 0 atom stereocenters. The minimum absolute atomic E-state index is 0.0561. The fraction of sp³-hybridized carbons (Fsp3) is 0. The van der Waals surface area contributed by atoms with E-state index in [2.05, 4.69) is 37.2 Å². The van der Waals surface area contributed by atoms with Crippen LogP contribution in [0.4, 0.5) is 17.1 Å². The Morgan fingerprint density at radius 2 is 1.44 bits per heavy atom. The second kappa shape index (κ2) is 7.77. The third-order valence-electron chi connectivity index (χ3n) is 3.03. The molecule has 0 saturated carbocycles. The fourth-order valence-electron chi connectivity index (χ4n) is 1.89. The molecule has 11 heteroatoms. The van der Waals surface area contributed by atoms with E-state index in [1.165, 1.54) is 12.1 Å². The first-order valence-electron chi connectivity index (χ1n) is 6.14. The number of nitro benzene ring substituents is 1. The highest BCUT2D eigenvalue weighted by atomic mass is 79.9. The normalized spacial score (nSPS) is 10.0. The third-order valence-corrected chi connectivity index (χ3v) is 5.51. The molecule has 0 aromatic heterocycles. The molecule has 0 unspecified atom stereocenters. The van der Waals surface area contributed by atoms with Crippen LogP contribution in [0.5, 0.6) is 0 Å². The van der Waals surface area contributed by atoms with Gasteiger partial charge in [-0.1, -0.05) is 34.8 Å². The summed E-state index contributed by atoms with van der Waals surface area (Å²) >= 11 is 24.9. The summed E-state index contributed by atoms with van der Waals surface area (Å²) in [6.07, 6.45) is 0. The van der Waals surface area contributed by atoms with Crippen molar-refractivity contribution in [2.24, 2.45) is 0 Å². The van der Waals surface area contributed by atoms with Gasteiger partial charge >= 0.3 is 0 Å². The third kappa shape index (κ3) is 3.69. The number of halogens is 5. The highest BCUT2D eigenvalue weighted by Crippen LogP contribution is 2.45. The minimum atomic E-state index is -0.550. The van der Waals surface area contributed by atoms with Gasteiger partial charge in [0.1, 0.15) is 12.1 Å². The zero-order chi connectivity index (χ0) is 18.9. The smallest absolute Gasteiger partial charge is 0.271 e. The van der Waals surface area contributed by atoms with E-state index in [0.29, 0.717) is 14.6 Å². The zero-order valence-electron chi connectivity index (χ0n) is 11.7. The largest absolute Gasteiger partial charge is 0.351 e. The van der Waals surface area contributed by atoms with E-state index >= 15 is 0 Å². The summed E-state index contributed by atoms with van der Waals surface area (Å²) in [5, 5.41) is 31.9. The molecule has 25 heavy (non-hydrogen) atoms. The predicted molar refractivity (Wildman–Crippen MR) is 103 cm³/mol. The summed E-state index contributed by atoms with van der Waals surface area (Å²) in [7, 11) is 0. The van der Waals surface area contributed by atoms with Crippen LogP contribution >= 0.6 is 66.7 Å². The fourth-order valence-corrected chi connectivity index (χ4v) is 4.04. The van der Waals surface area contributed by atoms with Crippen molar-refractivity contribution >= 4 is 83.7 Å². The van der Waals surface area contributed by atoms with E-state index < -0.39 is 4.92 Å². The molecule has 2 aromatic carbocycles. The Labute approximate surface area is 173 Å². The maximum absolute atomic E-state index is 10.9. The average molecular weight is 525 g/mol. The number of hydrogen-bond acceptors (Lipinski definition) is 5. The minimum Gasteiger partial charge on any atom is -0.351 e. The van der Waals surface area contributed by atoms with Crippen LogP contribution in [-0.4, -0.2) is 4.92 Å². The van der Waals surface area contributed by atoms with Crippen LogP contribution in [0, 0.1) is 32.8 Å². The van der Waals surface area contributed by atoms with Crippen LogP contribution in [0.15, 0.2) is 21.1 Å². The standard InChI is InChI=1S/C14H3Br2Cl3N4O2/c15-8-1-5(23(24)25)2-9(16)13(8)22-14-11(18)7(4-21)6(3-20)10(17)12(14)19/h1-2,22H. The molecule has 0 amide bonds. The highest BCUT2D eigenvalue weighted by Gasteiger charge is 2.23. The van der Waals surface area contributed by atoms with Crippen LogP contribution < -0.4 is 5.32 Å². The quantitative estimate of drug-likeness (QED) is 0.278. The lowest BCUT2D eigenvalue weighted by Gasteiger charge is -2.16. The first-order valence-corrected chi connectivity index (χ1v) is 8.86. The van der Waals surface area contributed by atoms with Gasteiger partial charge in [0.2, 0.25) is 0 Å². The van der Waals surface area contributed by atoms with Crippen molar-refractivity contribution in [3.05, 3.63) is 57.4 Å². The van der Waals surface area contributed by atoms with Gasteiger partial charge in [-0.05, 0) is 31.9 Å². The number of nitrogens with zero attached hydrogens (tertiary/aromatic N) is 3. The lowest BCUT2D eigenvalue weighted by atomic mass is 10.1. The molecule has 0 radical (unpaired) electrons. The van der Waals surface area contributed by atoms with Crippen LogP contribution in [-0.2, 0) is 0 Å². The number of benzene rings is 2. The number of nitrogens with one attached hydrogen (secondary N) is 1. The van der Waals surface area contributed by atoms with Crippen molar-refractivity contribution in [3.63, 3.8) is 0 Å². The molecule has 0 bridgehead atoms. The Hall–Kier alpha value is -1.55. The van der Waals surface area contributed by atoms with Crippen molar-refractivity contribution in [1.82, 2.24) is 0 Å². The number of anilines is 2. The number of nitro groups is 1. The van der Waals surface area contributed by atoms with Gasteiger partial charge in [-0.3, -0.25) is 10.1 Å². The van der Waals surface area contributed by atoms with Crippen LogP contribution in [0.25, 0.3) is 0 Å².